The van der Waals surface area contributed by atoms with Gasteiger partial charge in [0.1, 0.15) is 5.58 Å². The summed E-state index contributed by atoms with van der Waals surface area (Å²) < 4.78 is 5.01. The molecular weight excluding hydrogens is 180 g/mol. The molecule has 0 bridgehead atoms. The molecule has 0 aliphatic heterocycles. The normalized spacial score (nSPS) is 10.3. The minimum Gasteiger partial charge on any atom is -0.423 e. The third kappa shape index (κ3) is 1.44. The molecule has 3 heteroatoms. The molecular formula is C11H7O3. The van der Waals surface area contributed by atoms with Gasteiger partial charge in [0.25, 0.3) is 0 Å². The maximum Gasteiger partial charge on any atom is 0.339 e. The molecule has 0 saturated heterocycles. The van der Waals surface area contributed by atoms with Gasteiger partial charge in [-0.05, 0) is 12.1 Å². The fraction of sp³-hybridized carbons (Fsp3) is 0.0909. The van der Waals surface area contributed by atoms with E-state index >= 15 is 0 Å². The van der Waals surface area contributed by atoms with E-state index in [4.69, 9.17) is 4.42 Å². The van der Waals surface area contributed by atoms with Crippen LogP contribution in [0.5, 0.6) is 0 Å². The van der Waals surface area contributed by atoms with E-state index in [1.165, 1.54) is 0 Å². The second-order valence-electron chi connectivity index (χ2n) is 2.92. The smallest absolute Gasteiger partial charge is 0.339 e. The van der Waals surface area contributed by atoms with Crippen molar-refractivity contribution in [2.75, 3.05) is 0 Å². The van der Waals surface area contributed by atoms with Crippen LogP contribution in [0, 0.1) is 0 Å². The van der Waals surface area contributed by atoms with Crippen LogP contribution in [0.25, 0.3) is 11.0 Å². The molecule has 0 unspecified atom stereocenters. The Hall–Kier alpha value is -1.90. The average Bonchev–Trinajstić information content (AvgIpc) is 2.19. The Morgan fingerprint density at radius 2 is 2.07 bits per heavy atom. The molecule has 0 saturated carbocycles. The van der Waals surface area contributed by atoms with Gasteiger partial charge in [0, 0.05) is 17.4 Å². The van der Waals surface area contributed by atoms with Crippen molar-refractivity contribution in [3.8, 4) is 0 Å². The number of benzene rings is 1. The first-order chi connectivity index (χ1) is 6.81. The van der Waals surface area contributed by atoms with E-state index in [-0.39, 0.29) is 6.42 Å². The lowest BCUT2D eigenvalue weighted by molar-refractivity contribution is 0.541. The van der Waals surface area contributed by atoms with Gasteiger partial charge in [-0.2, -0.15) is 0 Å². The van der Waals surface area contributed by atoms with Gasteiger partial charge in [0.15, 0.2) is 0 Å². The van der Waals surface area contributed by atoms with Crippen molar-refractivity contribution in [3.63, 3.8) is 0 Å². The van der Waals surface area contributed by atoms with E-state index in [1.807, 2.05) is 12.1 Å². The number of carbonyl (C=O) groups excluding carboxylic acids is 1. The molecule has 3 nitrogen and oxygen atoms in total. The lowest BCUT2D eigenvalue weighted by Gasteiger charge is -1.97. The lowest BCUT2D eigenvalue weighted by atomic mass is 10.1. The van der Waals surface area contributed by atoms with E-state index in [2.05, 4.69) is 0 Å². The highest BCUT2D eigenvalue weighted by Gasteiger charge is 2.03. The molecule has 0 spiro atoms. The molecule has 0 N–H and O–H groups in total. The highest BCUT2D eigenvalue weighted by molar-refractivity contribution is 5.77. The summed E-state index contributed by atoms with van der Waals surface area (Å²) in [6.45, 7) is 0. The van der Waals surface area contributed by atoms with Crippen molar-refractivity contribution in [1.82, 2.24) is 0 Å². The second-order valence-corrected chi connectivity index (χ2v) is 2.92. The van der Waals surface area contributed by atoms with Gasteiger partial charge in [-0.3, -0.25) is 4.79 Å². The minimum atomic E-state index is -0.466. The Kier molecular flexibility index (Phi) is 2.14. The van der Waals surface area contributed by atoms with E-state index in [1.54, 1.807) is 24.5 Å². The summed E-state index contributed by atoms with van der Waals surface area (Å²) in [5.41, 5.74) is 0.415. The monoisotopic (exact) mass is 187 g/mol. The zero-order chi connectivity index (χ0) is 9.97. The van der Waals surface area contributed by atoms with Gasteiger partial charge >= 0.3 is 5.63 Å². The van der Waals surface area contributed by atoms with Gasteiger partial charge < -0.3 is 4.42 Å². The molecule has 1 aromatic carbocycles. The van der Waals surface area contributed by atoms with Crippen LogP contribution in [-0.2, 0) is 11.2 Å². The number of hydrogen-bond acceptors (Lipinski definition) is 3. The van der Waals surface area contributed by atoms with Crippen molar-refractivity contribution in [1.29, 1.82) is 0 Å². The molecule has 0 amide bonds. The molecule has 14 heavy (non-hydrogen) atoms. The highest BCUT2D eigenvalue weighted by Crippen LogP contribution is 2.12. The molecule has 0 aliphatic carbocycles. The average molecular weight is 187 g/mol. The standard InChI is InChI=1S/C11H7O3/c12-6-5-9-7-8-3-1-2-4-10(8)14-11(9)13/h1-4,7H,5H2. The lowest BCUT2D eigenvalue weighted by Crippen LogP contribution is -2.07. The maximum absolute atomic E-state index is 11.3. The predicted octanol–water partition coefficient (Wildman–Crippen LogP) is 1.45. The Morgan fingerprint density at radius 3 is 2.86 bits per heavy atom. The first kappa shape index (κ1) is 8.69. The van der Waals surface area contributed by atoms with Gasteiger partial charge in [0.2, 0.25) is 6.29 Å². The molecule has 2 aromatic rings. The number of para-hydroxylation sites is 1. The van der Waals surface area contributed by atoms with Crippen LogP contribution in [0.15, 0.2) is 39.5 Å². The number of fused-ring (bicyclic) bond motifs is 1. The highest BCUT2D eigenvalue weighted by atomic mass is 16.4. The number of rotatable bonds is 2. The van der Waals surface area contributed by atoms with Crippen molar-refractivity contribution in [2.45, 2.75) is 6.42 Å². The summed E-state index contributed by atoms with van der Waals surface area (Å²) >= 11 is 0. The van der Waals surface area contributed by atoms with Crippen LogP contribution in [-0.4, -0.2) is 6.29 Å². The Bertz CT molecular complexity index is 525. The number of hydrogen-bond donors (Lipinski definition) is 0. The van der Waals surface area contributed by atoms with Gasteiger partial charge in [-0.1, -0.05) is 18.2 Å². The maximum atomic E-state index is 11.3. The minimum absolute atomic E-state index is 0.0207. The van der Waals surface area contributed by atoms with Crippen molar-refractivity contribution >= 4 is 17.3 Å². The summed E-state index contributed by atoms with van der Waals surface area (Å²) in [6.07, 6.45) is 1.66. The van der Waals surface area contributed by atoms with Crippen molar-refractivity contribution in [2.24, 2.45) is 0 Å². The van der Waals surface area contributed by atoms with Gasteiger partial charge in [0.05, 0.1) is 0 Å². The third-order valence-electron chi connectivity index (χ3n) is 1.98. The SMILES string of the molecule is O=[C]Cc1cc2ccccc2oc1=O. The first-order valence-corrected chi connectivity index (χ1v) is 4.18. The van der Waals surface area contributed by atoms with Crippen LogP contribution >= 0.6 is 0 Å². The molecule has 0 fully saturated rings. The van der Waals surface area contributed by atoms with E-state index in [0.717, 1.165) is 5.39 Å². The van der Waals surface area contributed by atoms with E-state index < -0.39 is 5.63 Å². The largest absolute Gasteiger partial charge is 0.423 e. The van der Waals surface area contributed by atoms with Crippen LogP contribution in [0.3, 0.4) is 0 Å². The van der Waals surface area contributed by atoms with Crippen molar-refractivity contribution in [3.05, 3.63) is 46.3 Å². The first-order valence-electron chi connectivity index (χ1n) is 4.18. The fourth-order valence-electron chi connectivity index (χ4n) is 1.31. The van der Waals surface area contributed by atoms with Gasteiger partial charge in [-0.15, -0.1) is 0 Å². The molecule has 2 rings (SSSR count). The topological polar surface area (TPSA) is 47.3 Å². The van der Waals surface area contributed by atoms with Crippen LogP contribution < -0.4 is 5.63 Å². The molecule has 0 aliphatic rings. The summed E-state index contributed by atoms with van der Waals surface area (Å²) in [6, 6.07) is 8.83. The summed E-state index contributed by atoms with van der Waals surface area (Å²) in [5, 5.41) is 0.817. The van der Waals surface area contributed by atoms with Crippen LogP contribution in [0.4, 0.5) is 0 Å². The molecule has 1 heterocycles. The zero-order valence-electron chi connectivity index (χ0n) is 7.32. The Labute approximate surface area is 80.0 Å². The van der Waals surface area contributed by atoms with Gasteiger partial charge in [-0.25, -0.2) is 4.79 Å². The third-order valence-corrected chi connectivity index (χ3v) is 1.98. The molecule has 1 radical (unpaired) electrons. The van der Waals surface area contributed by atoms with E-state index in [0.29, 0.717) is 11.1 Å². The van der Waals surface area contributed by atoms with Crippen LogP contribution in [0.1, 0.15) is 5.56 Å². The fourth-order valence-corrected chi connectivity index (χ4v) is 1.31. The zero-order valence-corrected chi connectivity index (χ0v) is 7.32. The molecule has 0 atom stereocenters. The Morgan fingerprint density at radius 1 is 1.29 bits per heavy atom. The van der Waals surface area contributed by atoms with Crippen LogP contribution in [0.2, 0.25) is 0 Å². The summed E-state index contributed by atoms with van der Waals surface area (Å²) in [5.74, 6) is 0. The van der Waals surface area contributed by atoms with Crippen molar-refractivity contribution < 1.29 is 9.21 Å². The summed E-state index contributed by atoms with van der Waals surface area (Å²) in [4.78, 5) is 21.4. The van der Waals surface area contributed by atoms with E-state index in [9.17, 15) is 9.59 Å². The molecule has 1 aromatic heterocycles. The summed E-state index contributed by atoms with van der Waals surface area (Å²) in [7, 11) is 0. The predicted molar refractivity (Wildman–Crippen MR) is 51.9 cm³/mol. The molecule has 69 valence electrons. The Balaban J connectivity index is 2.70. The quantitative estimate of drug-likeness (QED) is 0.668. The second kappa shape index (κ2) is 3.46.